The average Bonchev–Trinajstić information content (AvgIpc) is 3.11. The Morgan fingerprint density at radius 1 is 0.889 bits per heavy atom. The average molecular weight is 251 g/mol. The highest BCUT2D eigenvalue weighted by Gasteiger charge is 2.31. The maximum atomic E-state index is 6.23. The fourth-order valence-corrected chi connectivity index (χ4v) is 3.65. The molecule has 3 rings (SSSR count). The van der Waals surface area contributed by atoms with Gasteiger partial charge in [-0.2, -0.15) is 0 Å². The number of hydrogen-bond acceptors (Lipinski definition) is 3. The van der Waals surface area contributed by atoms with Crippen LogP contribution in [0.3, 0.4) is 0 Å². The van der Waals surface area contributed by atoms with Crippen molar-refractivity contribution in [2.45, 2.75) is 44.6 Å². The first kappa shape index (κ1) is 12.9. The van der Waals surface area contributed by atoms with E-state index in [0.29, 0.717) is 6.04 Å². The van der Waals surface area contributed by atoms with Gasteiger partial charge in [-0.1, -0.05) is 0 Å². The Bertz CT molecular complexity index is 238. The number of piperidine rings is 1. The zero-order valence-electron chi connectivity index (χ0n) is 11.7. The van der Waals surface area contributed by atoms with Crippen molar-refractivity contribution in [3.8, 4) is 0 Å². The smallest absolute Gasteiger partial charge is 0.0196 e. The molecule has 3 fully saturated rings. The first-order valence-electron chi connectivity index (χ1n) is 8.01. The molecule has 1 saturated carbocycles. The standard InChI is InChI=1S/C15H29N3/c16-15(14-3-4-14)12-18-9-5-13(6-10-18)11-17-7-1-2-8-17/h13-15H,1-12,16H2. The summed E-state index contributed by atoms with van der Waals surface area (Å²) in [7, 11) is 0. The number of nitrogens with two attached hydrogens (primary N) is 1. The van der Waals surface area contributed by atoms with E-state index in [4.69, 9.17) is 5.73 Å². The Hall–Kier alpha value is -0.120. The zero-order valence-corrected chi connectivity index (χ0v) is 11.7. The molecule has 0 aromatic carbocycles. The summed E-state index contributed by atoms with van der Waals surface area (Å²) in [4.78, 5) is 5.29. The minimum absolute atomic E-state index is 0.458. The molecular weight excluding hydrogens is 222 g/mol. The first-order chi connectivity index (χ1) is 8.81. The molecule has 0 bridgehead atoms. The van der Waals surface area contributed by atoms with Crippen molar-refractivity contribution in [2.75, 3.05) is 39.3 Å². The van der Waals surface area contributed by atoms with Crippen LogP contribution in [0.4, 0.5) is 0 Å². The molecule has 0 amide bonds. The third-order valence-corrected chi connectivity index (χ3v) is 5.12. The van der Waals surface area contributed by atoms with E-state index in [1.807, 2.05) is 0 Å². The van der Waals surface area contributed by atoms with Crippen LogP contribution in [0.2, 0.25) is 0 Å². The van der Waals surface area contributed by atoms with Crippen LogP contribution >= 0.6 is 0 Å². The lowest BCUT2D eigenvalue weighted by Crippen LogP contribution is -2.44. The summed E-state index contributed by atoms with van der Waals surface area (Å²) in [6, 6.07) is 0.458. The van der Waals surface area contributed by atoms with Crippen molar-refractivity contribution in [3.63, 3.8) is 0 Å². The van der Waals surface area contributed by atoms with Gasteiger partial charge < -0.3 is 15.5 Å². The Labute approximate surface area is 112 Å². The molecule has 1 atom stereocenters. The van der Waals surface area contributed by atoms with Crippen LogP contribution in [-0.2, 0) is 0 Å². The van der Waals surface area contributed by atoms with Crippen molar-refractivity contribution >= 4 is 0 Å². The summed E-state index contributed by atoms with van der Waals surface area (Å²) in [6.07, 6.45) is 8.41. The highest BCUT2D eigenvalue weighted by molar-refractivity contribution is 4.87. The minimum Gasteiger partial charge on any atom is -0.326 e. The lowest BCUT2D eigenvalue weighted by molar-refractivity contribution is 0.145. The maximum Gasteiger partial charge on any atom is 0.0196 e. The fourth-order valence-electron chi connectivity index (χ4n) is 3.65. The summed E-state index contributed by atoms with van der Waals surface area (Å²) in [5.41, 5.74) is 6.23. The van der Waals surface area contributed by atoms with Gasteiger partial charge in [-0.25, -0.2) is 0 Å². The molecule has 2 saturated heterocycles. The molecule has 104 valence electrons. The van der Waals surface area contributed by atoms with E-state index >= 15 is 0 Å². The molecule has 2 N–H and O–H groups in total. The largest absolute Gasteiger partial charge is 0.326 e. The van der Waals surface area contributed by atoms with Crippen molar-refractivity contribution in [1.29, 1.82) is 0 Å². The van der Waals surface area contributed by atoms with Gasteiger partial charge in [-0.3, -0.25) is 0 Å². The molecular formula is C15H29N3. The zero-order chi connectivity index (χ0) is 12.4. The molecule has 0 aromatic heterocycles. The van der Waals surface area contributed by atoms with E-state index in [2.05, 4.69) is 9.80 Å². The second-order valence-corrected chi connectivity index (χ2v) is 6.75. The number of rotatable bonds is 5. The van der Waals surface area contributed by atoms with Gasteiger partial charge in [0, 0.05) is 19.1 Å². The van der Waals surface area contributed by atoms with Crippen LogP contribution in [0.15, 0.2) is 0 Å². The summed E-state index contributed by atoms with van der Waals surface area (Å²) < 4.78 is 0. The van der Waals surface area contributed by atoms with E-state index in [9.17, 15) is 0 Å². The second-order valence-electron chi connectivity index (χ2n) is 6.75. The molecule has 18 heavy (non-hydrogen) atoms. The maximum absolute atomic E-state index is 6.23. The molecule has 1 unspecified atom stereocenters. The second kappa shape index (κ2) is 5.89. The van der Waals surface area contributed by atoms with Crippen molar-refractivity contribution in [1.82, 2.24) is 9.80 Å². The van der Waals surface area contributed by atoms with Gasteiger partial charge >= 0.3 is 0 Å². The normalized spacial score (nSPS) is 29.8. The van der Waals surface area contributed by atoms with Gasteiger partial charge in [0.2, 0.25) is 0 Å². The molecule has 0 radical (unpaired) electrons. The highest BCUT2D eigenvalue weighted by atomic mass is 15.2. The summed E-state index contributed by atoms with van der Waals surface area (Å²) in [5.74, 6) is 1.81. The molecule has 3 aliphatic rings. The fraction of sp³-hybridized carbons (Fsp3) is 1.00. The Kier molecular flexibility index (Phi) is 4.22. The van der Waals surface area contributed by atoms with Crippen molar-refractivity contribution in [2.24, 2.45) is 17.6 Å². The summed E-state index contributed by atoms with van der Waals surface area (Å²) >= 11 is 0. The van der Waals surface area contributed by atoms with Crippen LogP contribution in [0.25, 0.3) is 0 Å². The molecule has 0 spiro atoms. The third-order valence-electron chi connectivity index (χ3n) is 5.12. The topological polar surface area (TPSA) is 32.5 Å². The Morgan fingerprint density at radius 2 is 1.56 bits per heavy atom. The van der Waals surface area contributed by atoms with Gasteiger partial charge in [-0.15, -0.1) is 0 Å². The van der Waals surface area contributed by atoms with Gasteiger partial charge in [0.1, 0.15) is 0 Å². The summed E-state index contributed by atoms with van der Waals surface area (Å²) in [6.45, 7) is 7.81. The number of likely N-dealkylation sites (tertiary alicyclic amines) is 2. The quantitative estimate of drug-likeness (QED) is 0.804. The highest BCUT2D eigenvalue weighted by Crippen LogP contribution is 2.32. The van der Waals surface area contributed by atoms with Crippen LogP contribution in [-0.4, -0.2) is 55.1 Å². The van der Waals surface area contributed by atoms with Crippen molar-refractivity contribution in [3.05, 3.63) is 0 Å². The number of hydrogen-bond donors (Lipinski definition) is 1. The molecule has 1 aliphatic carbocycles. The lowest BCUT2D eigenvalue weighted by atomic mass is 9.95. The Morgan fingerprint density at radius 3 is 2.17 bits per heavy atom. The molecule has 2 heterocycles. The first-order valence-corrected chi connectivity index (χ1v) is 8.01. The minimum atomic E-state index is 0.458. The lowest BCUT2D eigenvalue weighted by Gasteiger charge is -2.35. The molecule has 3 nitrogen and oxygen atoms in total. The van der Waals surface area contributed by atoms with Crippen LogP contribution < -0.4 is 5.73 Å². The van der Waals surface area contributed by atoms with Crippen molar-refractivity contribution < 1.29 is 0 Å². The van der Waals surface area contributed by atoms with Gasteiger partial charge in [-0.05, 0) is 76.5 Å². The van der Waals surface area contributed by atoms with Crippen LogP contribution in [0.5, 0.6) is 0 Å². The van der Waals surface area contributed by atoms with Crippen LogP contribution in [0.1, 0.15) is 38.5 Å². The van der Waals surface area contributed by atoms with E-state index in [1.165, 1.54) is 71.2 Å². The number of nitrogens with zero attached hydrogens (tertiary/aromatic N) is 2. The van der Waals surface area contributed by atoms with E-state index in [0.717, 1.165) is 18.4 Å². The Balaban J connectivity index is 1.35. The molecule has 3 heteroatoms. The third kappa shape index (κ3) is 3.46. The predicted molar refractivity (Wildman–Crippen MR) is 75.5 cm³/mol. The predicted octanol–water partition coefficient (Wildman–Crippen LogP) is 1.53. The van der Waals surface area contributed by atoms with Gasteiger partial charge in [0.25, 0.3) is 0 Å². The van der Waals surface area contributed by atoms with Gasteiger partial charge in [0.15, 0.2) is 0 Å². The van der Waals surface area contributed by atoms with E-state index in [-0.39, 0.29) is 0 Å². The molecule has 2 aliphatic heterocycles. The summed E-state index contributed by atoms with van der Waals surface area (Å²) in [5, 5.41) is 0. The van der Waals surface area contributed by atoms with Gasteiger partial charge in [0.05, 0.1) is 0 Å². The monoisotopic (exact) mass is 251 g/mol. The van der Waals surface area contributed by atoms with E-state index in [1.54, 1.807) is 0 Å². The molecule has 0 aromatic rings. The van der Waals surface area contributed by atoms with Crippen LogP contribution in [0, 0.1) is 11.8 Å². The van der Waals surface area contributed by atoms with E-state index < -0.39 is 0 Å². The SMILES string of the molecule is NC(CN1CCC(CN2CCCC2)CC1)C1CC1.